The summed E-state index contributed by atoms with van der Waals surface area (Å²) in [6.45, 7) is 4.46. The summed E-state index contributed by atoms with van der Waals surface area (Å²) in [5.74, 6) is 0. The van der Waals surface area contributed by atoms with E-state index in [9.17, 15) is 4.79 Å². The van der Waals surface area contributed by atoms with Crippen LogP contribution in [0.1, 0.15) is 32.6 Å². The van der Waals surface area contributed by atoms with E-state index in [4.69, 9.17) is 4.74 Å². The van der Waals surface area contributed by atoms with Crippen molar-refractivity contribution >= 4 is 18.5 Å². The molecule has 2 aliphatic heterocycles. The predicted octanol–water partition coefficient (Wildman–Crippen LogP) is 2.34. The molecule has 0 saturated carbocycles. The highest BCUT2D eigenvalue weighted by Gasteiger charge is 2.61. The summed E-state index contributed by atoms with van der Waals surface area (Å²) in [6.07, 6.45) is 5.02. The lowest BCUT2D eigenvalue weighted by molar-refractivity contribution is -0.736. The summed E-state index contributed by atoms with van der Waals surface area (Å²) in [5, 5.41) is 0. The molecule has 0 bridgehead atoms. The van der Waals surface area contributed by atoms with Crippen molar-refractivity contribution in [1.82, 2.24) is 0 Å². The minimum absolute atomic E-state index is 0. The molecule has 4 heteroatoms. The van der Waals surface area contributed by atoms with Crippen LogP contribution in [0.4, 0.5) is 4.79 Å². The van der Waals surface area contributed by atoms with Crippen LogP contribution in [0.2, 0.25) is 0 Å². The third-order valence-electron chi connectivity index (χ3n) is 3.33. The molecule has 0 spiro atoms. The second-order valence-electron chi connectivity index (χ2n) is 4.14. The number of hydrogen-bond donors (Lipinski definition) is 0. The summed E-state index contributed by atoms with van der Waals surface area (Å²) >= 11 is 0. The number of carbonyl (C=O) groups is 1. The lowest BCUT2D eigenvalue weighted by atomic mass is 10.2. The zero-order valence-corrected chi connectivity index (χ0v) is 9.52. The van der Waals surface area contributed by atoms with Crippen molar-refractivity contribution in [1.29, 1.82) is 0 Å². The van der Waals surface area contributed by atoms with Gasteiger partial charge in [-0.2, -0.15) is 4.79 Å². The second kappa shape index (κ2) is 4.49. The van der Waals surface area contributed by atoms with Crippen molar-refractivity contribution in [2.75, 3.05) is 19.7 Å². The monoisotopic (exact) mass is 220 g/mol. The van der Waals surface area contributed by atoms with Gasteiger partial charge < -0.3 is 4.74 Å². The Balaban J connectivity index is 0.000000980. The van der Waals surface area contributed by atoms with E-state index in [0.717, 1.165) is 13.1 Å². The van der Waals surface area contributed by atoms with E-state index >= 15 is 0 Å². The normalized spacial score (nSPS) is 34.8. The Labute approximate surface area is 91.4 Å². The summed E-state index contributed by atoms with van der Waals surface area (Å²) in [7, 11) is 0. The number of fused-ring (bicyclic) bond motifs is 1. The number of nitrogens with zero attached hydrogens (tertiary/aromatic N) is 1. The smallest absolute Gasteiger partial charge is 0.420 e. The maximum atomic E-state index is 11.7. The Morgan fingerprint density at radius 3 is 2.93 bits per heavy atom. The van der Waals surface area contributed by atoms with Gasteiger partial charge >= 0.3 is 6.09 Å². The van der Waals surface area contributed by atoms with Crippen LogP contribution in [0.3, 0.4) is 0 Å². The van der Waals surface area contributed by atoms with E-state index in [0.29, 0.717) is 17.1 Å². The number of carbonyl (C=O) groups excluding carboxylic acids is 1. The molecule has 2 fully saturated rings. The van der Waals surface area contributed by atoms with E-state index in [1.807, 2.05) is 6.92 Å². The van der Waals surface area contributed by atoms with Gasteiger partial charge in [-0.1, -0.05) is 0 Å². The average Bonchev–Trinajstić information content (AvgIpc) is 2.77. The molecule has 2 saturated heterocycles. The van der Waals surface area contributed by atoms with Crippen LogP contribution in [-0.4, -0.2) is 36.3 Å². The first-order chi connectivity index (χ1) is 6.29. The van der Waals surface area contributed by atoms with Crippen LogP contribution in [0, 0.1) is 0 Å². The number of halogens is 1. The summed E-state index contributed by atoms with van der Waals surface area (Å²) < 4.78 is 5.76. The molecule has 3 nitrogen and oxygen atoms in total. The molecule has 14 heavy (non-hydrogen) atoms. The number of amides is 1. The minimum atomic E-state index is 0. The SMILES string of the molecule is CCOC(=O)[N+]12CCCCCC1C2.Cl. The molecule has 1 amide bonds. The first kappa shape index (κ1) is 11.8. The van der Waals surface area contributed by atoms with E-state index in [1.54, 1.807) is 0 Å². The Kier molecular flexibility index (Phi) is 3.78. The van der Waals surface area contributed by atoms with Crippen molar-refractivity contribution in [3.05, 3.63) is 0 Å². The summed E-state index contributed by atoms with van der Waals surface area (Å²) in [4.78, 5) is 11.7. The van der Waals surface area contributed by atoms with Gasteiger partial charge in [-0.15, -0.1) is 12.4 Å². The van der Waals surface area contributed by atoms with Gasteiger partial charge in [-0.3, -0.25) is 0 Å². The fourth-order valence-corrected chi connectivity index (χ4v) is 2.46. The van der Waals surface area contributed by atoms with Crippen molar-refractivity contribution in [2.45, 2.75) is 38.6 Å². The maximum absolute atomic E-state index is 11.7. The van der Waals surface area contributed by atoms with Crippen molar-refractivity contribution in [3.8, 4) is 0 Å². The van der Waals surface area contributed by atoms with Gasteiger partial charge in [-0.25, -0.2) is 4.48 Å². The van der Waals surface area contributed by atoms with Gasteiger partial charge in [0.1, 0.15) is 12.6 Å². The average molecular weight is 221 g/mol. The molecule has 2 unspecified atom stereocenters. The van der Waals surface area contributed by atoms with Crippen LogP contribution in [0.25, 0.3) is 0 Å². The quantitative estimate of drug-likeness (QED) is 0.501. The Hall–Kier alpha value is -0.280. The zero-order valence-electron chi connectivity index (χ0n) is 8.70. The molecule has 2 atom stereocenters. The van der Waals surface area contributed by atoms with Crippen molar-refractivity contribution in [2.24, 2.45) is 0 Å². The lowest BCUT2D eigenvalue weighted by Crippen LogP contribution is -2.37. The molecule has 82 valence electrons. The maximum Gasteiger partial charge on any atom is 0.516 e. The molecule has 0 aliphatic carbocycles. The highest BCUT2D eigenvalue weighted by atomic mass is 35.5. The summed E-state index contributed by atoms with van der Waals surface area (Å²) in [6, 6.07) is 0.599. The Morgan fingerprint density at radius 1 is 1.43 bits per heavy atom. The molecular weight excluding hydrogens is 202 g/mol. The molecular formula is C10H19ClNO2+. The van der Waals surface area contributed by atoms with Crippen LogP contribution in [0.5, 0.6) is 0 Å². The topological polar surface area (TPSA) is 26.3 Å². The molecule has 0 N–H and O–H groups in total. The lowest BCUT2D eigenvalue weighted by Gasteiger charge is -2.14. The number of rotatable bonds is 1. The van der Waals surface area contributed by atoms with Crippen molar-refractivity contribution < 1.29 is 14.0 Å². The molecule has 2 aliphatic rings. The first-order valence-electron chi connectivity index (χ1n) is 5.33. The van der Waals surface area contributed by atoms with Gasteiger partial charge in [0.2, 0.25) is 0 Å². The van der Waals surface area contributed by atoms with E-state index < -0.39 is 0 Å². The zero-order chi connectivity index (χ0) is 9.31. The van der Waals surface area contributed by atoms with Crippen LogP contribution >= 0.6 is 12.4 Å². The standard InChI is InChI=1S/C10H18NO2.ClH/c1-2-13-10(12)11-7-5-3-4-6-9(11)8-11;/h9H,2-8H2,1H3;1H/q+1;. The van der Waals surface area contributed by atoms with Crippen LogP contribution in [-0.2, 0) is 4.74 Å². The molecule has 0 aromatic heterocycles. The highest BCUT2D eigenvalue weighted by Crippen LogP contribution is 2.39. The highest BCUT2D eigenvalue weighted by molar-refractivity contribution is 5.85. The van der Waals surface area contributed by atoms with Crippen molar-refractivity contribution in [3.63, 3.8) is 0 Å². The number of ether oxygens (including phenoxy) is 1. The van der Waals surface area contributed by atoms with Gasteiger partial charge in [0.05, 0.1) is 13.2 Å². The minimum Gasteiger partial charge on any atom is -0.420 e. The van der Waals surface area contributed by atoms with Crippen LogP contribution in [0.15, 0.2) is 0 Å². The first-order valence-corrected chi connectivity index (χ1v) is 5.33. The molecule has 0 radical (unpaired) electrons. The number of hydrogen-bond acceptors (Lipinski definition) is 2. The third kappa shape index (κ3) is 1.89. The van der Waals surface area contributed by atoms with E-state index in [-0.39, 0.29) is 18.5 Å². The van der Waals surface area contributed by atoms with Gasteiger partial charge in [0.25, 0.3) is 0 Å². The molecule has 2 rings (SSSR count). The Morgan fingerprint density at radius 2 is 2.21 bits per heavy atom. The van der Waals surface area contributed by atoms with Crippen LogP contribution < -0.4 is 0 Å². The van der Waals surface area contributed by atoms with Gasteiger partial charge in [0.15, 0.2) is 0 Å². The third-order valence-corrected chi connectivity index (χ3v) is 3.33. The second-order valence-corrected chi connectivity index (χ2v) is 4.14. The fourth-order valence-electron chi connectivity index (χ4n) is 2.46. The van der Waals surface area contributed by atoms with Gasteiger partial charge in [-0.05, 0) is 26.2 Å². The molecule has 0 aromatic rings. The van der Waals surface area contributed by atoms with Gasteiger partial charge in [0, 0.05) is 6.42 Å². The summed E-state index contributed by atoms with van der Waals surface area (Å²) in [5.41, 5.74) is 0. The molecule has 0 aromatic carbocycles. The number of quaternary nitrogens is 1. The Bertz CT molecular complexity index is 222. The molecule has 2 heterocycles. The predicted molar refractivity (Wildman–Crippen MR) is 56.5 cm³/mol. The van der Waals surface area contributed by atoms with E-state index in [1.165, 1.54) is 25.7 Å². The van der Waals surface area contributed by atoms with E-state index in [2.05, 4.69) is 0 Å². The largest absolute Gasteiger partial charge is 0.516 e. The fraction of sp³-hybridized carbons (Fsp3) is 0.900.